The van der Waals surface area contributed by atoms with Crippen LogP contribution >= 0.6 is 0 Å². The van der Waals surface area contributed by atoms with Gasteiger partial charge < -0.3 is 20.9 Å². The maximum atomic E-state index is 13.1. The summed E-state index contributed by atoms with van der Waals surface area (Å²) in [5.74, 6) is 2.00. The average Bonchev–Trinajstić information content (AvgIpc) is 2.93. The Kier molecular flexibility index (Phi) is 6.87. The molecule has 0 aliphatic rings. The van der Waals surface area contributed by atoms with E-state index >= 15 is 0 Å². The Bertz CT molecular complexity index is 1490. The summed E-state index contributed by atoms with van der Waals surface area (Å²) >= 11 is 0. The number of ketones is 2. The fourth-order valence-electron chi connectivity index (χ4n) is 3.91. The molecule has 0 unspecified atom stereocenters. The van der Waals surface area contributed by atoms with Gasteiger partial charge in [0.15, 0.2) is 11.6 Å². The molecule has 0 aromatic heterocycles. The largest absolute Gasteiger partial charge is 0.457 e. The van der Waals surface area contributed by atoms with Crippen molar-refractivity contribution in [2.75, 3.05) is 11.5 Å². The summed E-state index contributed by atoms with van der Waals surface area (Å²) in [6, 6.07) is 34.6. The highest BCUT2D eigenvalue weighted by Crippen LogP contribution is 2.26. The maximum absolute atomic E-state index is 13.1. The number of ether oxygens (including phenoxy) is 2. The van der Waals surface area contributed by atoms with Crippen molar-refractivity contribution in [3.8, 4) is 23.0 Å². The van der Waals surface area contributed by atoms with Crippen LogP contribution in [0.2, 0.25) is 0 Å². The van der Waals surface area contributed by atoms with Gasteiger partial charge >= 0.3 is 0 Å². The van der Waals surface area contributed by atoms with E-state index in [0.29, 0.717) is 56.6 Å². The molecule has 0 heterocycles. The summed E-state index contributed by atoms with van der Waals surface area (Å²) in [4.78, 5) is 26.2. The molecule has 5 rings (SSSR count). The lowest BCUT2D eigenvalue weighted by molar-refractivity contribution is 0.103. The van der Waals surface area contributed by atoms with Crippen molar-refractivity contribution in [3.05, 3.63) is 144 Å². The minimum Gasteiger partial charge on any atom is -0.457 e. The standard InChI is InChI=1S/C32H24N2O4/c33-25-6-2-8-29(19-25)37-27-14-10-21(11-15-27)31(35)23-4-1-5-24(18-23)32(36)22-12-16-28(17-13-22)38-30-9-3-7-26(34)20-30/h1-20H,33-34H2. The smallest absolute Gasteiger partial charge is 0.193 e. The molecule has 0 radical (unpaired) electrons. The monoisotopic (exact) mass is 500 g/mol. The second-order valence-corrected chi connectivity index (χ2v) is 8.64. The molecule has 0 saturated heterocycles. The van der Waals surface area contributed by atoms with Crippen molar-refractivity contribution in [2.45, 2.75) is 0 Å². The van der Waals surface area contributed by atoms with Gasteiger partial charge in [0.05, 0.1) is 0 Å². The molecule has 186 valence electrons. The first-order valence-electron chi connectivity index (χ1n) is 11.9. The van der Waals surface area contributed by atoms with Crippen LogP contribution in [0.25, 0.3) is 0 Å². The Morgan fingerprint density at radius 1 is 0.421 bits per heavy atom. The Balaban J connectivity index is 1.28. The van der Waals surface area contributed by atoms with Crippen molar-refractivity contribution >= 4 is 22.9 Å². The predicted molar refractivity (Wildman–Crippen MR) is 148 cm³/mol. The Morgan fingerprint density at radius 3 is 1.21 bits per heavy atom. The van der Waals surface area contributed by atoms with Gasteiger partial charge in [-0.1, -0.05) is 30.3 Å². The molecule has 0 aliphatic heterocycles. The normalized spacial score (nSPS) is 10.5. The zero-order chi connectivity index (χ0) is 26.5. The van der Waals surface area contributed by atoms with Gasteiger partial charge in [-0.2, -0.15) is 0 Å². The number of hydrogen-bond acceptors (Lipinski definition) is 6. The van der Waals surface area contributed by atoms with Gasteiger partial charge in [-0.25, -0.2) is 0 Å². The molecule has 0 fully saturated rings. The third-order valence-corrected chi connectivity index (χ3v) is 5.81. The highest BCUT2D eigenvalue weighted by Gasteiger charge is 2.14. The molecule has 0 aliphatic carbocycles. The van der Waals surface area contributed by atoms with Crippen molar-refractivity contribution in [2.24, 2.45) is 0 Å². The van der Waals surface area contributed by atoms with Crippen molar-refractivity contribution in [1.82, 2.24) is 0 Å². The third kappa shape index (κ3) is 5.71. The molecule has 0 amide bonds. The van der Waals surface area contributed by atoms with Crippen molar-refractivity contribution in [1.29, 1.82) is 0 Å². The van der Waals surface area contributed by atoms with Crippen LogP contribution in [-0.4, -0.2) is 11.6 Å². The summed E-state index contributed by atoms with van der Waals surface area (Å²) in [5.41, 5.74) is 14.6. The van der Waals surface area contributed by atoms with Gasteiger partial charge in [0.25, 0.3) is 0 Å². The van der Waals surface area contributed by atoms with E-state index in [0.717, 1.165) is 0 Å². The highest BCUT2D eigenvalue weighted by molar-refractivity contribution is 6.13. The molecule has 6 heteroatoms. The first kappa shape index (κ1) is 24.3. The summed E-state index contributed by atoms with van der Waals surface area (Å²) < 4.78 is 11.6. The number of carbonyl (C=O) groups is 2. The Morgan fingerprint density at radius 2 is 0.816 bits per heavy atom. The summed E-state index contributed by atoms with van der Waals surface area (Å²) in [5, 5.41) is 0. The minimum atomic E-state index is -0.193. The molecule has 5 aromatic carbocycles. The third-order valence-electron chi connectivity index (χ3n) is 5.81. The second-order valence-electron chi connectivity index (χ2n) is 8.64. The van der Waals surface area contributed by atoms with Gasteiger partial charge in [0.1, 0.15) is 23.0 Å². The Labute approximate surface area is 220 Å². The Hall–Kier alpha value is -5.36. The molecule has 38 heavy (non-hydrogen) atoms. The topological polar surface area (TPSA) is 105 Å². The first-order valence-corrected chi connectivity index (χ1v) is 11.9. The van der Waals surface area contributed by atoms with Crippen LogP contribution in [0.1, 0.15) is 31.8 Å². The fraction of sp³-hybridized carbons (Fsp3) is 0. The van der Waals surface area contributed by atoms with Crippen molar-refractivity contribution < 1.29 is 19.1 Å². The number of rotatable bonds is 8. The molecule has 0 bridgehead atoms. The lowest BCUT2D eigenvalue weighted by Gasteiger charge is -2.09. The van der Waals surface area contributed by atoms with E-state index in [1.54, 1.807) is 121 Å². The molecular weight excluding hydrogens is 476 g/mol. The SMILES string of the molecule is Nc1cccc(Oc2ccc(C(=O)c3cccc(C(=O)c4ccc(Oc5cccc(N)c5)cc4)c3)cc2)c1. The van der Waals surface area contributed by atoms with E-state index in [4.69, 9.17) is 20.9 Å². The minimum absolute atomic E-state index is 0.193. The van der Waals surface area contributed by atoms with Gasteiger partial charge in [0, 0.05) is 45.8 Å². The molecule has 0 atom stereocenters. The average molecular weight is 501 g/mol. The number of nitrogen functional groups attached to an aromatic ring is 2. The molecular formula is C32H24N2O4. The van der Waals surface area contributed by atoms with E-state index in [2.05, 4.69) is 0 Å². The second kappa shape index (κ2) is 10.7. The number of benzene rings is 5. The van der Waals surface area contributed by atoms with Gasteiger partial charge in [-0.15, -0.1) is 0 Å². The maximum Gasteiger partial charge on any atom is 0.193 e. The predicted octanol–water partition coefficient (Wildman–Crippen LogP) is 6.90. The van der Waals surface area contributed by atoms with Crippen LogP contribution in [0.5, 0.6) is 23.0 Å². The van der Waals surface area contributed by atoms with E-state index in [1.165, 1.54) is 0 Å². The zero-order valence-corrected chi connectivity index (χ0v) is 20.3. The van der Waals surface area contributed by atoms with Gasteiger partial charge in [0.2, 0.25) is 0 Å². The highest BCUT2D eigenvalue weighted by atomic mass is 16.5. The van der Waals surface area contributed by atoms with E-state index in [9.17, 15) is 9.59 Å². The van der Waals surface area contributed by atoms with Gasteiger partial charge in [-0.05, 0) is 78.9 Å². The quantitative estimate of drug-likeness (QED) is 0.177. The number of nitrogens with two attached hydrogens (primary N) is 2. The zero-order valence-electron chi connectivity index (χ0n) is 20.3. The first-order chi connectivity index (χ1) is 18.4. The molecule has 4 N–H and O–H groups in total. The van der Waals surface area contributed by atoms with Crippen LogP contribution in [0.15, 0.2) is 121 Å². The van der Waals surface area contributed by atoms with Crippen LogP contribution in [0, 0.1) is 0 Å². The molecule has 6 nitrogen and oxygen atoms in total. The molecule has 0 saturated carbocycles. The van der Waals surface area contributed by atoms with E-state index in [1.807, 2.05) is 0 Å². The van der Waals surface area contributed by atoms with Crippen LogP contribution < -0.4 is 20.9 Å². The van der Waals surface area contributed by atoms with Crippen LogP contribution in [0.3, 0.4) is 0 Å². The summed E-state index contributed by atoms with van der Waals surface area (Å²) in [6.07, 6.45) is 0. The van der Waals surface area contributed by atoms with Crippen LogP contribution in [-0.2, 0) is 0 Å². The van der Waals surface area contributed by atoms with Crippen molar-refractivity contribution in [3.63, 3.8) is 0 Å². The van der Waals surface area contributed by atoms with Crippen LogP contribution in [0.4, 0.5) is 11.4 Å². The lowest BCUT2D eigenvalue weighted by Crippen LogP contribution is -2.06. The molecule has 0 spiro atoms. The van der Waals surface area contributed by atoms with E-state index < -0.39 is 0 Å². The fourth-order valence-corrected chi connectivity index (χ4v) is 3.91. The summed E-state index contributed by atoms with van der Waals surface area (Å²) in [7, 11) is 0. The number of carbonyl (C=O) groups excluding carboxylic acids is 2. The lowest BCUT2D eigenvalue weighted by atomic mass is 9.97. The van der Waals surface area contributed by atoms with Gasteiger partial charge in [-0.3, -0.25) is 9.59 Å². The van der Waals surface area contributed by atoms with E-state index in [-0.39, 0.29) is 11.6 Å². The number of hydrogen-bond donors (Lipinski definition) is 2. The number of anilines is 2. The molecule has 5 aromatic rings. The summed E-state index contributed by atoms with van der Waals surface area (Å²) in [6.45, 7) is 0.